The zero-order chi connectivity index (χ0) is 19.5. The lowest BCUT2D eigenvalue weighted by Gasteiger charge is -2.61. The molecule has 2 heterocycles. The van der Waals surface area contributed by atoms with Crippen LogP contribution in [0.2, 0.25) is 0 Å². The summed E-state index contributed by atoms with van der Waals surface area (Å²) < 4.78 is 5.18. The van der Waals surface area contributed by atoms with E-state index in [0.29, 0.717) is 23.1 Å². The molecule has 3 aromatic rings. The van der Waals surface area contributed by atoms with E-state index in [1.54, 1.807) is 4.80 Å². The molecule has 0 spiro atoms. The second-order valence-electron chi connectivity index (χ2n) is 9.09. The fraction of sp³-hybridized carbons (Fsp3) is 0.476. The highest BCUT2D eigenvalue weighted by Gasteiger charge is 2.60. The maximum absolute atomic E-state index is 13.3. The van der Waals surface area contributed by atoms with Crippen LogP contribution in [0.25, 0.3) is 11.3 Å². The third-order valence-electron chi connectivity index (χ3n) is 7.04. The number of carbonyl (C=O) groups excluding carboxylic acids is 1. The third kappa shape index (κ3) is 2.62. The van der Waals surface area contributed by atoms with Crippen molar-refractivity contribution in [3.63, 3.8) is 0 Å². The molecule has 4 saturated carbocycles. The smallest absolute Gasteiger partial charge is 0.257 e. The van der Waals surface area contributed by atoms with Gasteiger partial charge in [0.2, 0.25) is 0 Å². The summed E-state index contributed by atoms with van der Waals surface area (Å²) in [4.78, 5) is 15.1. The summed E-state index contributed by atoms with van der Waals surface area (Å²) >= 11 is 0. The summed E-state index contributed by atoms with van der Waals surface area (Å²) in [5, 5.41) is 20.0. The van der Waals surface area contributed by atoms with Gasteiger partial charge >= 0.3 is 0 Å². The predicted octanol–water partition coefficient (Wildman–Crippen LogP) is 2.81. The second-order valence-corrected chi connectivity index (χ2v) is 9.09. The Morgan fingerprint density at radius 1 is 1.14 bits per heavy atom. The number of hydrogen-bond donors (Lipinski definition) is 1. The van der Waals surface area contributed by atoms with Crippen molar-refractivity contribution < 1.29 is 9.32 Å². The Bertz CT molecular complexity index is 1030. The first-order valence-corrected chi connectivity index (χ1v) is 10.2. The molecule has 0 saturated heterocycles. The normalized spacial score (nSPS) is 32.4. The summed E-state index contributed by atoms with van der Waals surface area (Å²) in [5.74, 6) is 1.05. The molecule has 4 fully saturated rings. The molecule has 4 bridgehead atoms. The molecule has 1 aromatic carbocycles. The number of rotatable bonds is 4. The average molecular weight is 390 g/mol. The third-order valence-corrected chi connectivity index (χ3v) is 7.04. The number of hydrogen-bond acceptors (Lipinski definition) is 6. The van der Waals surface area contributed by atoms with Crippen LogP contribution < -0.4 is 5.32 Å². The van der Waals surface area contributed by atoms with Gasteiger partial charge in [0.1, 0.15) is 17.5 Å². The van der Waals surface area contributed by atoms with Crippen molar-refractivity contribution in [3.05, 3.63) is 48.5 Å². The van der Waals surface area contributed by atoms with E-state index < -0.39 is 0 Å². The molecular weight excluding hydrogens is 368 g/mol. The van der Waals surface area contributed by atoms with Gasteiger partial charge in [-0.3, -0.25) is 4.79 Å². The van der Waals surface area contributed by atoms with Crippen molar-refractivity contribution in [2.45, 2.75) is 49.6 Å². The Balaban J connectivity index is 1.32. The maximum atomic E-state index is 13.3. The Hall–Kier alpha value is -3.03. The first kappa shape index (κ1) is 16.9. The van der Waals surface area contributed by atoms with Gasteiger partial charge in [-0.2, -0.15) is 4.80 Å². The molecule has 1 amide bonds. The van der Waals surface area contributed by atoms with Gasteiger partial charge in [0.05, 0.1) is 5.54 Å². The van der Waals surface area contributed by atoms with Gasteiger partial charge in [0, 0.05) is 11.1 Å². The number of nitrogens with zero attached hydrogens (tertiary/aromatic N) is 5. The van der Waals surface area contributed by atoms with E-state index in [9.17, 15) is 4.79 Å². The Morgan fingerprint density at radius 2 is 1.93 bits per heavy atom. The standard InChI is InChI=1S/C21H22N6O2/c28-19(17-11-29-25-18(17)16-4-2-1-3-5-16)24-20-7-14-6-15(8-20)10-21(9-14,12-20)27-23-13-22-26-27/h1-5,11,13-15H,6-10,12H2,(H,24,28)/t14-,15+,20?,21?. The van der Waals surface area contributed by atoms with Crippen LogP contribution >= 0.6 is 0 Å². The molecule has 8 heteroatoms. The Kier molecular flexibility index (Phi) is 3.48. The highest BCUT2D eigenvalue weighted by molar-refractivity contribution is 6.00. The molecule has 0 radical (unpaired) electrons. The zero-order valence-electron chi connectivity index (χ0n) is 16.0. The lowest BCUT2D eigenvalue weighted by molar-refractivity contribution is -0.0810. The fourth-order valence-corrected chi connectivity index (χ4v) is 6.49. The van der Waals surface area contributed by atoms with Crippen molar-refractivity contribution in [2.24, 2.45) is 11.8 Å². The van der Waals surface area contributed by atoms with E-state index in [2.05, 4.69) is 25.9 Å². The van der Waals surface area contributed by atoms with E-state index in [1.165, 1.54) is 19.0 Å². The lowest BCUT2D eigenvalue weighted by atomic mass is 9.50. The van der Waals surface area contributed by atoms with Crippen molar-refractivity contribution in [1.29, 1.82) is 0 Å². The molecular formula is C21H22N6O2. The van der Waals surface area contributed by atoms with E-state index in [4.69, 9.17) is 4.52 Å². The van der Waals surface area contributed by atoms with Gasteiger partial charge in [0.15, 0.2) is 6.33 Å². The van der Waals surface area contributed by atoms with E-state index in [1.807, 2.05) is 30.3 Å². The number of benzene rings is 1. The van der Waals surface area contributed by atoms with Crippen LogP contribution in [0.4, 0.5) is 0 Å². The molecule has 2 aromatic heterocycles. The van der Waals surface area contributed by atoms with Gasteiger partial charge in [-0.05, 0) is 55.6 Å². The monoisotopic (exact) mass is 390 g/mol. The Morgan fingerprint density at radius 3 is 2.66 bits per heavy atom. The number of amides is 1. The summed E-state index contributed by atoms with van der Waals surface area (Å²) in [6.45, 7) is 0. The van der Waals surface area contributed by atoms with Crippen molar-refractivity contribution in [3.8, 4) is 11.3 Å². The topological polar surface area (TPSA) is 98.7 Å². The minimum atomic E-state index is -0.236. The van der Waals surface area contributed by atoms with Crippen LogP contribution in [0.15, 0.2) is 47.4 Å². The highest BCUT2D eigenvalue weighted by Crippen LogP contribution is 2.60. The molecule has 1 N–H and O–H groups in total. The van der Waals surface area contributed by atoms with E-state index in [0.717, 1.165) is 37.7 Å². The first-order chi connectivity index (χ1) is 14.1. The van der Waals surface area contributed by atoms with Gasteiger partial charge in [-0.1, -0.05) is 35.5 Å². The van der Waals surface area contributed by atoms with Crippen LogP contribution in [-0.2, 0) is 5.54 Å². The summed E-state index contributed by atoms with van der Waals surface area (Å²) in [6.07, 6.45) is 9.20. The quantitative estimate of drug-likeness (QED) is 0.735. The van der Waals surface area contributed by atoms with Gasteiger partial charge < -0.3 is 9.84 Å². The van der Waals surface area contributed by atoms with Crippen molar-refractivity contribution in [2.75, 3.05) is 0 Å². The SMILES string of the molecule is O=C(NC12C[C@H]3C[C@@H](C1)CC(n1ncnn1)(C3)C2)c1conc1-c1ccccc1. The Labute approximate surface area is 167 Å². The number of aromatic nitrogens is 5. The van der Waals surface area contributed by atoms with Gasteiger partial charge in [-0.25, -0.2) is 0 Å². The highest BCUT2D eigenvalue weighted by atomic mass is 16.5. The molecule has 8 nitrogen and oxygen atoms in total. The summed E-state index contributed by atoms with van der Waals surface area (Å²) in [7, 11) is 0. The van der Waals surface area contributed by atoms with Crippen molar-refractivity contribution >= 4 is 5.91 Å². The van der Waals surface area contributed by atoms with Crippen LogP contribution in [0, 0.1) is 11.8 Å². The molecule has 29 heavy (non-hydrogen) atoms. The van der Waals surface area contributed by atoms with Crippen LogP contribution in [-0.4, -0.2) is 36.8 Å². The minimum Gasteiger partial charge on any atom is -0.363 e. The molecule has 7 rings (SSSR count). The van der Waals surface area contributed by atoms with Gasteiger partial charge in [0.25, 0.3) is 5.91 Å². The predicted molar refractivity (Wildman–Crippen MR) is 103 cm³/mol. The van der Waals surface area contributed by atoms with E-state index in [-0.39, 0.29) is 17.0 Å². The maximum Gasteiger partial charge on any atom is 0.257 e. The molecule has 4 atom stereocenters. The van der Waals surface area contributed by atoms with Gasteiger partial charge in [-0.15, -0.1) is 10.2 Å². The molecule has 148 valence electrons. The zero-order valence-corrected chi connectivity index (χ0v) is 16.0. The molecule has 2 unspecified atom stereocenters. The second kappa shape index (κ2) is 5.98. The van der Waals surface area contributed by atoms with Crippen molar-refractivity contribution in [1.82, 2.24) is 30.7 Å². The molecule has 4 aliphatic carbocycles. The number of nitrogens with one attached hydrogen (secondary N) is 1. The number of tetrazole rings is 1. The average Bonchev–Trinajstić information content (AvgIpc) is 3.40. The summed E-state index contributed by atoms with van der Waals surface area (Å²) in [5.41, 5.74) is 1.57. The van der Waals surface area contributed by atoms with Crippen LogP contribution in [0.1, 0.15) is 48.9 Å². The summed E-state index contributed by atoms with van der Waals surface area (Å²) in [6, 6.07) is 9.67. The first-order valence-electron chi connectivity index (χ1n) is 10.2. The molecule has 4 aliphatic rings. The van der Waals surface area contributed by atoms with E-state index >= 15 is 0 Å². The van der Waals surface area contributed by atoms with Crippen LogP contribution in [0.3, 0.4) is 0 Å². The van der Waals surface area contributed by atoms with Crippen LogP contribution in [0.5, 0.6) is 0 Å². The lowest BCUT2D eigenvalue weighted by Crippen LogP contribution is -2.66. The largest absolute Gasteiger partial charge is 0.363 e. The minimum absolute atomic E-state index is 0.117. The molecule has 0 aliphatic heterocycles. The fourth-order valence-electron chi connectivity index (χ4n) is 6.49. The number of carbonyl (C=O) groups is 1.